The maximum atomic E-state index is 11.4. The van der Waals surface area contributed by atoms with E-state index < -0.39 is 6.10 Å². The van der Waals surface area contributed by atoms with Gasteiger partial charge in [-0.3, -0.25) is 4.90 Å². The summed E-state index contributed by atoms with van der Waals surface area (Å²) in [6, 6.07) is 10.3. The van der Waals surface area contributed by atoms with Crippen LogP contribution in [-0.4, -0.2) is 64.5 Å². The highest BCUT2D eigenvalue weighted by atomic mass is 16.3. The Morgan fingerprint density at radius 3 is 2.68 bits per heavy atom. The molecule has 2 heterocycles. The molecule has 2 atom stereocenters. The second-order valence-electron chi connectivity index (χ2n) is 7.66. The van der Waals surface area contributed by atoms with Crippen molar-refractivity contribution in [3.8, 4) is 6.07 Å². The van der Waals surface area contributed by atoms with Crippen LogP contribution in [0.4, 0.5) is 5.82 Å². The van der Waals surface area contributed by atoms with E-state index in [0.717, 1.165) is 18.4 Å². The number of nitrogens with zero attached hydrogens (tertiary/aromatic N) is 5. The molecule has 2 aliphatic rings. The predicted octanol–water partition coefficient (Wildman–Crippen LogP) is 1.23. The third-order valence-corrected chi connectivity index (χ3v) is 6.35. The van der Waals surface area contributed by atoms with Gasteiger partial charge in [0.1, 0.15) is 6.07 Å². The van der Waals surface area contributed by atoms with Gasteiger partial charge in [-0.05, 0) is 31.0 Å². The summed E-state index contributed by atoms with van der Waals surface area (Å²) in [6.07, 6.45) is 4.15. The third-order valence-electron chi connectivity index (χ3n) is 6.35. The fraction of sp³-hybridized carbons (Fsp3) is 0.476. The molecule has 4 rings (SSSR count). The molecule has 0 amide bonds. The van der Waals surface area contributed by atoms with E-state index in [4.69, 9.17) is 0 Å². The van der Waals surface area contributed by atoms with Crippen molar-refractivity contribution >= 4 is 5.82 Å². The summed E-state index contributed by atoms with van der Waals surface area (Å²) in [7, 11) is 1.95. The molecule has 1 aromatic heterocycles. The van der Waals surface area contributed by atoms with Gasteiger partial charge in [0.25, 0.3) is 0 Å². The van der Waals surface area contributed by atoms with E-state index in [0.29, 0.717) is 31.1 Å². The smallest absolute Gasteiger partial charge is 0.183 e. The van der Waals surface area contributed by atoms with Crippen LogP contribution in [0.3, 0.4) is 0 Å². The molecule has 2 aromatic rings. The molecule has 28 heavy (non-hydrogen) atoms. The molecular formula is C21H25N5O2. The molecule has 7 heteroatoms. The summed E-state index contributed by atoms with van der Waals surface area (Å²) < 4.78 is 0. The minimum absolute atomic E-state index is 0.0618. The number of piperidine rings is 1. The number of anilines is 1. The van der Waals surface area contributed by atoms with Gasteiger partial charge in [0, 0.05) is 37.4 Å². The number of hydrogen-bond acceptors (Lipinski definition) is 7. The van der Waals surface area contributed by atoms with Crippen LogP contribution in [0.2, 0.25) is 0 Å². The number of aliphatic hydroxyl groups is 2. The Bertz CT molecular complexity index is 888. The van der Waals surface area contributed by atoms with E-state index in [-0.39, 0.29) is 18.1 Å². The largest absolute Gasteiger partial charge is 0.395 e. The van der Waals surface area contributed by atoms with Crippen molar-refractivity contribution in [1.82, 2.24) is 14.9 Å². The fourth-order valence-corrected chi connectivity index (χ4v) is 4.94. The molecule has 2 N–H and O–H groups in total. The summed E-state index contributed by atoms with van der Waals surface area (Å²) in [6.45, 7) is 1.99. The molecule has 1 spiro atoms. The minimum Gasteiger partial charge on any atom is -0.395 e. The van der Waals surface area contributed by atoms with Crippen LogP contribution in [0.1, 0.15) is 35.7 Å². The normalized spacial score (nSPS) is 23.0. The van der Waals surface area contributed by atoms with Gasteiger partial charge in [0.15, 0.2) is 11.5 Å². The molecule has 1 fully saturated rings. The van der Waals surface area contributed by atoms with Gasteiger partial charge in [-0.1, -0.05) is 24.3 Å². The van der Waals surface area contributed by atoms with Crippen molar-refractivity contribution in [3.63, 3.8) is 0 Å². The number of rotatable bonds is 4. The first-order valence-electron chi connectivity index (χ1n) is 9.67. The van der Waals surface area contributed by atoms with Gasteiger partial charge in [0.05, 0.1) is 18.8 Å². The zero-order valence-corrected chi connectivity index (χ0v) is 16.0. The molecule has 1 aromatic carbocycles. The lowest BCUT2D eigenvalue weighted by molar-refractivity contribution is 0.00488. The van der Waals surface area contributed by atoms with Gasteiger partial charge in [0.2, 0.25) is 0 Å². The van der Waals surface area contributed by atoms with Crippen LogP contribution in [-0.2, 0) is 5.41 Å². The molecule has 7 nitrogen and oxygen atoms in total. The van der Waals surface area contributed by atoms with Crippen molar-refractivity contribution in [2.75, 3.05) is 38.2 Å². The summed E-state index contributed by atoms with van der Waals surface area (Å²) in [4.78, 5) is 12.6. The average Bonchev–Trinajstić information content (AvgIpc) is 2.97. The molecule has 146 valence electrons. The van der Waals surface area contributed by atoms with Crippen LogP contribution >= 0.6 is 0 Å². The molecule has 1 aliphatic carbocycles. The Hall–Kier alpha value is -2.53. The first-order valence-corrected chi connectivity index (χ1v) is 9.67. The number of benzene rings is 1. The maximum Gasteiger partial charge on any atom is 0.183 e. The van der Waals surface area contributed by atoms with Crippen LogP contribution < -0.4 is 4.90 Å². The van der Waals surface area contributed by atoms with E-state index in [1.165, 1.54) is 11.8 Å². The van der Waals surface area contributed by atoms with E-state index in [2.05, 4.69) is 33.1 Å². The Labute approximate surface area is 164 Å². The highest BCUT2D eigenvalue weighted by Crippen LogP contribution is 2.52. The van der Waals surface area contributed by atoms with Gasteiger partial charge < -0.3 is 15.1 Å². The van der Waals surface area contributed by atoms with Gasteiger partial charge in [-0.15, -0.1) is 0 Å². The molecule has 1 aliphatic heterocycles. The number of nitriles is 1. The van der Waals surface area contributed by atoms with Gasteiger partial charge >= 0.3 is 0 Å². The quantitative estimate of drug-likeness (QED) is 0.825. The standard InChI is InChI=1S/C21H25N5O2/c1-25(12-13-27)18-15-4-2-3-5-16(15)21(19(18)28)6-10-26(11-7-21)20-17(14-22)23-8-9-24-20/h2-5,8-9,18-19,27-28H,6-7,10-13H2,1H3/t18-,19+/m0/s1. The number of hydrogen-bond donors (Lipinski definition) is 2. The zero-order chi connectivity index (χ0) is 19.7. The van der Waals surface area contributed by atoms with E-state index in [1.807, 2.05) is 24.1 Å². The first-order chi connectivity index (χ1) is 13.6. The third kappa shape index (κ3) is 2.85. The fourth-order valence-electron chi connectivity index (χ4n) is 4.94. The van der Waals surface area contributed by atoms with Crippen LogP contribution in [0.25, 0.3) is 0 Å². The summed E-state index contributed by atoms with van der Waals surface area (Å²) in [5, 5.41) is 30.1. The first kappa shape index (κ1) is 18.8. The van der Waals surface area contributed by atoms with E-state index in [1.54, 1.807) is 6.20 Å². The molecule has 0 saturated carbocycles. The van der Waals surface area contributed by atoms with Crippen molar-refractivity contribution in [2.24, 2.45) is 0 Å². The van der Waals surface area contributed by atoms with E-state index >= 15 is 0 Å². The van der Waals surface area contributed by atoms with E-state index in [9.17, 15) is 15.5 Å². The topological polar surface area (TPSA) is 96.5 Å². The number of likely N-dealkylation sites (N-methyl/N-ethyl adjacent to an activating group) is 1. The minimum atomic E-state index is -0.541. The van der Waals surface area contributed by atoms with Crippen molar-refractivity contribution in [3.05, 3.63) is 53.5 Å². The zero-order valence-electron chi connectivity index (χ0n) is 16.0. The lowest BCUT2D eigenvalue weighted by Gasteiger charge is -2.44. The molecule has 0 bridgehead atoms. The highest BCUT2D eigenvalue weighted by Gasteiger charge is 2.53. The van der Waals surface area contributed by atoms with Gasteiger partial charge in [-0.25, -0.2) is 9.97 Å². The maximum absolute atomic E-state index is 11.4. The van der Waals surface area contributed by atoms with Crippen molar-refractivity contribution in [2.45, 2.75) is 30.4 Å². The second-order valence-corrected chi connectivity index (χ2v) is 7.66. The average molecular weight is 379 g/mol. The van der Waals surface area contributed by atoms with Crippen molar-refractivity contribution < 1.29 is 10.2 Å². The predicted molar refractivity (Wildman–Crippen MR) is 105 cm³/mol. The summed E-state index contributed by atoms with van der Waals surface area (Å²) in [5.74, 6) is 0.620. The highest BCUT2D eigenvalue weighted by molar-refractivity contribution is 5.52. The SMILES string of the molecule is CN(CCO)[C@H]1c2ccccc2C2(CCN(c3nccnc3C#N)CC2)[C@@H]1O. The van der Waals surface area contributed by atoms with Gasteiger partial charge in [-0.2, -0.15) is 5.26 Å². The Morgan fingerprint density at radius 2 is 1.96 bits per heavy atom. The summed E-state index contributed by atoms with van der Waals surface area (Å²) >= 11 is 0. The monoisotopic (exact) mass is 379 g/mol. The Kier molecular flexibility index (Phi) is 5.02. The number of fused-ring (bicyclic) bond motifs is 2. The van der Waals surface area contributed by atoms with Crippen LogP contribution in [0.15, 0.2) is 36.7 Å². The molecule has 1 saturated heterocycles. The molecule has 0 radical (unpaired) electrons. The Morgan fingerprint density at radius 1 is 1.25 bits per heavy atom. The Balaban J connectivity index is 1.64. The van der Waals surface area contributed by atoms with Crippen LogP contribution in [0.5, 0.6) is 0 Å². The second kappa shape index (κ2) is 7.47. The number of aromatic nitrogens is 2. The van der Waals surface area contributed by atoms with Crippen LogP contribution in [0, 0.1) is 11.3 Å². The lowest BCUT2D eigenvalue weighted by Crippen LogP contribution is -2.50. The molecular weight excluding hydrogens is 354 g/mol. The lowest BCUT2D eigenvalue weighted by atomic mass is 9.72. The molecule has 0 unspecified atom stereocenters. The number of aliphatic hydroxyl groups excluding tert-OH is 2. The summed E-state index contributed by atoms with van der Waals surface area (Å²) in [5.41, 5.74) is 2.37. The van der Waals surface area contributed by atoms with Crippen molar-refractivity contribution in [1.29, 1.82) is 5.26 Å².